The number of imidazole rings is 1. The maximum absolute atomic E-state index is 8.92. The number of aryl methyl sites for hydroxylation is 2. The largest absolute Gasteiger partial charge is 0.326 e. The van der Waals surface area contributed by atoms with E-state index in [-0.39, 0.29) is 0 Å². The molecule has 0 aliphatic carbocycles. The Hall–Kier alpha value is -2.61. The molecule has 2 aromatic heterocycles. The van der Waals surface area contributed by atoms with Gasteiger partial charge in [0.1, 0.15) is 5.69 Å². The number of benzene rings is 1. The third kappa shape index (κ3) is 1.47. The van der Waals surface area contributed by atoms with E-state index in [0.717, 1.165) is 22.6 Å². The summed E-state index contributed by atoms with van der Waals surface area (Å²) in [7, 11) is 3.81. The van der Waals surface area contributed by atoms with E-state index in [2.05, 4.69) is 16.2 Å². The Balaban J connectivity index is 2.26. The van der Waals surface area contributed by atoms with Gasteiger partial charge in [-0.2, -0.15) is 10.4 Å². The van der Waals surface area contributed by atoms with E-state index in [1.54, 1.807) is 10.7 Å². The van der Waals surface area contributed by atoms with Gasteiger partial charge in [0.25, 0.3) is 0 Å². The molecule has 1 aromatic carbocycles. The van der Waals surface area contributed by atoms with Gasteiger partial charge in [-0.1, -0.05) is 0 Å². The van der Waals surface area contributed by atoms with Gasteiger partial charge in [-0.15, -0.1) is 0 Å². The molecule has 3 rings (SSSR count). The van der Waals surface area contributed by atoms with Gasteiger partial charge in [0.2, 0.25) is 0 Å². The molecule has 3 aromatic rings. The predicted octanol–water partition coefficient (Wildman–Crippen LogP) is 1.85. The topological polar surface area (TPSA) is 59.4 Å². The van der Waals surface area contributed by atoms with Crippen LogP contribution in [0.5, 0.6) is 0 Å². The molecule has 2 heterocycles. The molecule has 0 radical (unpaired) electrons. The fourth-order valence-electron chi connectivity index (χ4n) is 2.02. The van der Waals surface area contributed by atoms with Crippen LogP contribution in [0.2, 0.25) is 0 Å². The van der Waals surface area contributed by atoms with E-state index < -0.39 is 0 Å². The minimum Gasteiger partial charge on any atom is -0.326 e. The maximum Gasteiger partial charge on any atom is 0.161 e. The molecule has 5 nitrogen and oxygen atoms in total. The molecule has 0 aliphatic heterocycles. The van der Waals surface area contributed by atoms with Crippen LogP contribution >= 0.6 is 0 Å². The van der Waals surface area contributed by atoms with Gasteiger partial charge in [0.15, 0.2) is 5.82 Å². The van der Waals surface area contributed by atoms with Crippen molar-refractivity contribution < 1.29 is 0 Å². The molecule has 0 aliphatic rings. The first-order chi connectivity index (χ1) is 8.69. The monoisotopic (exact) mass is 237 g/mol. The summed E-state index contributed by atoms with van der Waals surface area (Å²) in [6.45, 7) is 0. The SMILES string of the molecule is Cn1ccc(-c2nc3ccc(C#N)cc3n2C)n1. The second kappa shape index (κ2) is 3.70. The molecule has 0 atom stereocenters. The normalized spacial score (nSPS) is 10.7. The van der Waals surface area contributed by atoms with Crippen LogP contribution in [-0.2, 0) is 14.1 Å². The van der Waals surface area contributed by atoms with Crippen molar-refractivity contribution in [3.05, 3.63) is 36.0 Å². The van der Waals surface area contributed by atoms with Crippen LogP contribution in [0, 0.1) is 11.3 Å². The van der Waals surface area contributed by atoms with E-state index in [1.807, 2.05) is 43.1 Å². The molecular weight excluding hydrogens is 226 g/mol. The number of hydrogen-bond donors (Lipinski definition) is 0. The summed E-state index contributed by atoms with van der Waals surface area (Å²) in [6.07, 6.45) is 1.88. The number of aromatic nitrogens is 4. The van der Waals surface area contributed by atoms with Crippen LogP contribution in [-0.4, -0.2) is 19.3 Å². The van der Waals surface area contributed by atoms with Gasteiger partial charge in [-0.25, -0.2) is 4.98 Å². The number of hydrogen-bond acceptors (Lipinski definition) is 3. The lowest BCUT2D eigenvalue weighted by molar-refractivity contribution is 0.766. The molecule has 0 saturated heterocycles. The Morgan fingerprint density at radius 1 is 1.22 bits per heavy atom. The first-order valence-corrected chi connectivity index (χ1v) is 5.55. The van der Waals surface area contributed by atoms with Crippen LogP contribution in [0.1, 0.15) is 5.56 Å². The maximum atomic E-state index is 8.92. The van der Waals surface area contributed by atoms with E-state index in [4.69, 9.17) is 5.26 Å². The van der Waals surface area contributed by atoms with Gasteiger partial charge in [0.05, 0.1) is 22.7 Å². The highest BCUT2D eigenvalue weighted by Gasteiger charge is 2.12. The number of rotatable bonds is 1. The van der Waals surface area contributed by atoms with Crippen LogP contribution in [0.4, 0.5) is 0 Å². The van der Waals surface area contributed by atoms with Crippen molar-refractivity contribution in [3.63, 3.8) is 0 Å². The highest BCUT2D eigenvalue weighted by Crippen LogP contribution is 2.22. The third-order valence-electron chi connectivity index (χ3n) is 2.95. The molecule has 0 unspecified atom stereocenters. The van der Waals surface area contributed by atoms with Crippen LogP contribution in [0.25, 0.3) is 22.6 Å². The van der Waals surface area contributed by atoms with Crippen molar-refractivity contribution in [3.8, 4) is 17.6 Å². The van der Waals surface area contributed by atoms with Crippen LogP contribution in [0.3, 0.4) is 0 Å². The number of nitrogens with zero attached hydrogens (tertiary/aromatic N) is 5. The minimum atomic E-state index is 0.637. The van der Waals surface area contributed by atoms with Gasteiger partial charge in [-0.3, -0.25) is 4.68 Å². The van der Waals surface area contributed by atoms with Crippen molar-refractivity contribution in [2.45, 2.75) is 0 Å². The summed E-state index contributed by atoms with van der Waals surface area (Å²) in [6, 6.07) is 9.54. The number of nitriles is 1. The molecule has 0 saturated carbocycles. The summed E-state index contributed by atoms with van der Waals surface area (Å²) in [5.74, 6) is 0.806. The van der Waals surface area contributed by atoms with Crippen LogP contribution < -0.4 is 0 Å². The lowest BCUT2D eigenvalue weighted by atomic mass is 10.2. The smallest absolute Gasteiger partial charge is 0.161 e. The summed E-state index contributed by atoms with van der Waals surface area (Å²) >= 11 is 0. The van der Waals surface area contributed by atoms with Gasteiger partial charge >= 0.3 is 0 Å². The zero-order valence-corrected chi connectivity index (χ0v) is 10.1. The quantitative estimate of drug-likeness (QED) is 0.649. The fraction of sp³-hybridized carbons (Fsp3) is 0.154. The van der Waals surface area contributed by atoms with Crippen molar-refractivity contribution in [1.29, 1.82) is 5.26 Å². The van der Waals surface area contributed by atoms with Crippen molar-refractivity contribution >= 4 is 11.0 Å². The lowest BCUT2D eigenvalue weighted by Gasteiger charge is -1.98. The van der Waals surface area contributed by atoms with E-state index >= 15 is 0 Å². The Morgan fingerprint density at radius 2 is 2.06 bits per heavy atom. The molecule has 0 amide bonds. The standard InChI is InChI=1S/C13H11N5/c1-17-6-5-11(16-17)13-15-10-4-3-9(8-14)7-12(10)18(13)2/h3-7H,1-2H3. The summed E-state index contributed by atoms with van der Waals surface area (Å²) in [5, 5.41) is 13.3. The second-order valence-electron chi connectivity index (χ2n) is 4.18. The van der Waals surface area contributed by atoms with E-state index in [1.165, 1.54) is 0 Å². The fourth-order valence-corrected chi connectivity index (χ4v) is 2.02. The molecule has 0 N–H and O–H groups in total. The molecule has 88 valence electrons. The van der Waals surface area contributed by atoms with E-state index in [9.17, 15) is 0 Å². The molecule has 5 heteroatoms. The van der Waals surface area contributed by atoms with Gasteiger partial charge in [0, 0.05) is 20.3 Å². The van der Waals surface area contributed by atoms with Crippen molar-refractivity contribution in [2.24, 2.45) is 14.1 Å². The lowest BCUT2D eigenvalue weighted by Crippen LogP contribution is -1.94. The van der Waals surface area contributed by atoms with Gasteiger partial charge in [-0.05, 0) is 24.3 Å². The Morgan fingerprint density at radius 3 is 2.72 bits per heavy atom. The predicted molar refractivity (Wildman–Crippen MR) is 67.6 cm³/mol. The summed E-state index contributed by atoms with van der Waals surface area (Å²) in [5.41, 5.74) is 3.28. The third-order valence-corrected chi connectivity index (χ3v) is 2.95. The minimum absolute atomic E-state index is 0.637. The molecule has 0 spiro atoms. The molecule has 18 heavy (non-hydrogen) atoms. The average molecular weight is 237 g/mol. The van der Waals surface area contributed by atoms with Crippen LogP contribution in [0.15, 0.2) is 30.5 Å². The first kappa shape index (κ1) is 10.5. The summed E-state index contributed by atoms with van der Waals surface area (Å²) < 4.78 is 3.70. The molecular formula is C13H11N5. The summed E-state index contributed by atoms with van der Waals surface area (Å²) in [4.78, 5) is 4.55. The zero-order chi connectivity index (χ0) is 12.7. The Bertz CT molecular complexity index is 772. The van der Waals surface area contributed by atoms with Crippen molar-refractivity contribution in [1.82, 2.24) is 19.3 Å². The Labute approximate surface area is 104 Å². The highest BCUT2D eigenvalue weighted by molar-refractivity contribution is 5.81. The molecule has 0 fully saturated rings. The second-order valence-corrected chi connectivity index (χ2v) is 4.18. The van der Waals surface area contributed by atoms with E-state index in [0.29, 0.717) is 5.56 Å². The van der Waals surface area contributed by atoms with Gasteiger partial charge < -0.3 is 4.57 Å². The number of fused-ring (bicyclic) bond motifs is 1. The average Bonchev–Trinajstić information content (AvgIpc) is 2.94. The molecule has 0 bridgehead atoms. The highest BCUT2D eigenvalue weighted by atomic mass is 15.3. The Kier molecular flexibility index (Phi) is 2.17. The first-order valence-electron chi connectivity index (χ1n) is 5.55. The van der Waals surface area contributed by atoms with Crippen molar-refractivity contribution in [2.75, 3.05) is 0 Å². The zero-order valence-electron chi connectivity index (χ0n) is 10.1.